The predicted molar refractivity (Wildman–Crippen MR) is 51.4 cm³/mol. The number of nitrogens with zero attached hydrogens (tertiary/aromatic N) is 2. The molecule has 0 saturated carbocycles. The van der Waals surface area contributed by atoms with Crippen LogP contribution in [0.25, 0.3) is 0 Å². The fourth-order valence-corrected chi connectivity index (χ4v) is 0.805. The van der Waals surface area contributed by atoms with Crippen LogP contribution in [-0.4, -0.2) is 16.6 Å². The Kier molecular flexibility index (Phi) is 3.75. The van der Waals surface area contributed by atoms with Gasteiger partial charge in [-0.3, -0.25) is 0 Å². The maximum Gasteiger partial charge on any atom is 0.232 e. The molecule has 1 aromatic rings. The minimum absolute atomic E-state index is 0.401. The summed E-state index contributed by atoms with van der Waals surface area (Å²) in [6.45, 7) is 4.25. The molecule has 4 nitrogen and oxygen atoms in total. The fraction of sp³-hybridized carbons (Fsp3) is 0.333. The molecule has 0 aliphatic heterocycles. The molecule has 0 aliphatic rings. The second-order valence-corrected chi connectivity index (χ2v) is 2.56. The Morgan fingerprint density at radius 3 is 2.92 bits per heavy atom. The van der Waals surface area contributed by atoms with Crippen LogP contribution in [-0.2, 0) is 0 Å². The van der Waals surface area contributed by atoms with Gasteiger partial charge in [0.15, 0.2) is 0 Å². The highest BCUT2D eigenvalue weighted by Crippen LogP contribution is 2.05. The predicted octanol–water partition coefficient (Wildman–Crippen LogP) is 1.40. The lowest BCUT2D eigenvalue weighted by molar-refractivity contribution is 0.299. The van der Waals surface area contributed by atoms with Crippen molar-refractivity contribution in [2.75, 3.05) is 12.3 Å². The van der Waals surface area contributed by atoms with Crippen LogP contribution in [0.15, 0.2) is 25.0 Å². The van der Waals surface area contributed by atoms with Gasteiger partial charge in [-0.25, -0.2) is 9.97 Å². The van der Waals surface area contributed by atoms with Crippen LogP contribution in [0.2, 0.25) is 0 Å². The van der Waals surface area contributed by atoms with Gasteiger partial charge in [-0.2, -0.15) is 0 Å². The van der Waals surface area contributed by atoms with Crippen LogP contribution in [0, 0.1) is 0 Å². The number of hydrogen-bond acceptors (Lipinski definition) is 4. The van der Waals surface area contributed by atoms with Gasteiger partial charge in [0.05, 0.1) is 19.0 Å². The number of unbranched alkanes of at least 4 members (excludes halogenated alkanes) is 1. The van der Waals surface area contributed by atoms with Crippen LogP contribution < -0.4 is 10.5 Å². The highest BCUT2D eigenvalue weighted by molar-refractivity contribution is 5.24. The average molecular weight is 179 g/mol. The molecule has 0 atom stereocenters. The van der Waals surface area contributed by atoms with Crippen molar-refractivity contribution in [3.8, 4) is 5.88 Å². The van der Waals surface area contributed by atoms with Crippen LogP contribution in [0.5, 0.6) is 5.88 Å². The van der Waals surface area contributed by atoms with Crippen LogP contribution in [0.4, 0.5) is 5.82 Å². The Labute approximate surface area is 77.5 Å². The maximum absolute atomic E-state index is 5.36. The lowest BCUT2D eigenvalue weighted by atomic mass is 10.3. The van der Waals surface area contributed by atoms with E-state index in [2.05, 4.69) is 16.5 Å². The topological polar surface area (TPSA) is 61.0 Å². The number of ether oxygens (including phenoxy) is 1. The molecule has 4 heteroatoms. The lowest BCUT2D eigenvalue weighted by Crippen LogP contribution is -2.00. The summed E-state index contributed by atoms with van der Waals surface area (Å²) in [5.41, 5.74) is 5.36. The molecule has 0 aliphatic carbocycles. The van der Waals surface area contributed by atoms with Crippen LogP contribution in [0.3, 0.4) is 0 Å². The highest BCUT2D eigenvalue weighted by Gasteiger charge is 1.94. The van der Waals surface area contributed by atoms with E-state index in [4.69, 9.17) is 10.5 Å². The molecule has 13 heavy (non-hydrogen) atoms. The van der Waals surface area contributed by atoms with Crippen molar-refractivity contribution in [1.82, 2.24) is 9.97 Å². The zero-order valence-electron chi connectivity index (χ0n) is 7.44. The Bertz CT molecular complexity index is 258. The average Bonchev–Trinajstić information content (AvgIpc) is 2.15. The van der Waals surface area contributed by atoms with Crippen molar-refractivity contribution in [2.24, 2.45) is 0 Å². The summed E-state index contributed by atoms with van der Waals surface area (Å²) in [6.07, 6.45) is 6.74. The molecular formula is C9H13N3O. The van der Waals surface area contributed by atoms with Gasteiger partial charge < -0.3 is 10.5 Å². The third-order valence-corrected chi connectivity index (χ3v) is 1.45. The van der Waals surface area contributed by atoms with Gasteiger partial charge in [-0.05, 0) is 12.8 Å². The van der Waals surface area contributed by atoms with Crippen molar-refractivity contribution in [2.45, 2.75) is 12.8 Å². The molecule has 70 valence electrons. The van der Waals surface area contributed by atoms with E-state index in [1.54, 1.807) is 0 Å². The van der Waals surface area contributed by atoms with Gasteiger partial charge in [0.2, 0.25) is 5.88 Å². The van der Waals surface area contributed by atoms with Gasteiger partial charge in [0.25, 0.3) is 0 Å². The Morgan fingerprint density at radius 2 is 2.31 bits per heavy atom. The molecule has 1 heterocycles. The largest absolute Gasteiger partial charge is 0.477 e. The first kappa shape index (κ1) is 9.51. The Balaban J connectivity index is 2.28. The van der Waals surface area contributed by atoms with Gasteiger partial charge in [0.1, 0.15) is 5.82 Å². The standard InChI is InChI=1S/C9H13N3O/c1-2-3-4-5-13-9-7-11-8(10)6-12-9/h2,6-7H,1,3-5H2,(H2,10,11). The van der Waals surface area contributed by atoms with Crippen molar-refractivity contribution in [3.63, 3.8) is 0 Å². The van der Waals surface area contributed by atoms with E-state index in [0.29, 0.717) is 18.3 Å². The minimum Gasteiger partial charge on any atom is -0.477 e. The Morgan fingerprint density at radius 1 is 1.46 bits per heavy atom. The summed E-state index contributed by atoms with van der Waals surface area (Å²) in [4.78, 5) is 7.79. The van der Waals surface area contributed by atoms with Crippen molar-refractivity contribution >= 4 is 5.82 Å². The molecule has 1 aromatic heterocycles. The van der Waals surface area contributed by atoms with Crippen molar-refractivity contribution < 1.29 is 4.74 Å². The summed E-state index contributed by atoms with van der Waals surface area (Å²) < 4.78 is 5.29. The first-order valence-electron chi connectivity index (χ1n) is 4.14. The summed E-state index contributed by atoms with van der Waals surface area (Å²) in [6, 6.07) is 0. The molecular weight excluding hydrogens is 166 g/mol. The summed E-state index contributed by atoms with van der Waals surface area (Å²) in [7, 11) is 0. The zero-order valence-corrected chi connectivity index (χ0v) is 7.44. The SMILES string of the molecule is C=CCCCOc1cnc(N)cn1. The van der Waals surface area contributed by atoms with Gasteiger partial charge >= 0.3 is 0 Å². The first-order chi connectivity index (χ1) is 6.33. The van der Waals surface area contributed by atoms with E-state index in [1.165, 1.54) is 12.4 Å². The van der Waals surface area contributed by atoms with E-state index < -0.39 is 0 Å². The van der Waals surface area contributed by atoms with E-state index in [9.17, 15) is 0 Å². The third kappa shape index (κ3) is 3.55. The van der Waals surface area contributed by atoms with Gasteiger partial charge in [0, 0.05) is 0 Å². The minimum atomic E-state index is 0.401. The summed E-state index contributed by atoms with van der Waals surface area (Å²) in [5, 5.41) is 0. The number of nitrogens with two attached hydrogens (primary N) is 1. The number of anilines is 1. The fourth-order valence-electron chi connectivity index (χ4n) is 0.805. The van der Waals surface area contributed by atoms with Crippen LogP contribution >= 0.6 is 0 Å². The van der Waals surface area contributed by atoms with E-state index in [1.807, 2.05) is 6.08 Å². The van der Waals surface area contributed by atoms with Gasteiger partial charge in [-0.15, -0.1) is 6.58 Å². The van der Waals surface area contributed by atoms with E-state index >= 15 is 0 Å². The monoisotopic (exact) mass is 179 g/mol. The second kappa shape index (κ2) is 5.13. The molecule has 0 fully saturated rings. The molecule has 0 bridgehead atoms. The molecule has 0 aromatic carbocycles. The summed E-state index contributed by atoms with van der Waals surface area (Å²) >= 11 is 0. The quantitative estimate of drug-likeness (QED) is 0.548. The van der Waals surface area contributed by atoms with Crippen molar-refractivity contribution in [1.29, 1.82) is 0 Å². The van der Waals surface area contributed by atoms with Crippen LogP contribution in [0.1, 0.15) is 12.8 Å². The highest BCUT2D eigenvalue weighted by atomic mass is 16.5. The number of rotatable bonds is 5. The van der Waals surface area contributed by atoms with E-state index in [-0.39, 0.29) is 0 Å². The number of hydrogen-bond donors (Lipinski definition) is 1. The third-order valence-electron chi connectivity index (χ3n) is 1.45. The van der Waals surface area contributed by atoms with Gasteiger partial charge in [-0.1, -0.05) is 6.08 Å². The lowest BCUT2D eigenvalue weighted by Gasteiger charge is -2.02. The molecule has 0 saturated heterocycles. The molecule has 0 amide bonds. The molecule has 0 unspecified atom stereocenters. The second-order valence-electron chi connectivity index (χ2n) is 2.56. The van der Waals surface area contributed by atoms with Crippen molar-refractivity contribution in [3.05, 3.63) is 25.0 Å². The number of nitrogen functional groups attached to an aromatic ring is 1. The smallest absolute Gasteiger partial charge is 0.232 e. The molecule has 2 N–H and O–H groups in total. The number of allylic oxidation sites excluding steroid dienone is 1. The maximum atomic E-state index is 5.36. The van der Waals surface area contributed by atoms with E-state index in [0.717, 1.165) is 12.8 Å². The zero-order chi connectivity index (χ0) is 9.52. The summed E-state index contributed by atoms with van der Waals surface area (Å²) in [5.74, 6) is 0.914. The molecule has 0 radical (unpaired) electrons. The normalized spacial score (nSPS) is 9.54. The molecule has 1 rings (SSSR count). The molecule has 0 spiro atoms. The first-order valence-corrected chi connectivity index (χ1v) is 4.14. The number of aromatic nitrogens is 2. The Hall–Kier alpha value is -1.58.